The molecule has 0 bridgehead atoms. The third-order valence-electron chi connectivity index (χ3n) is 2.87. The van der Waals surface area contributed by atoms with Gasteiger partial charge in [0, 0.05) is 7.05 Å². The van der Waals surface area contributed by atoms with Crippen molar-refractivity contribution in [2.24, 2.45) is 7.05 Å². The minimum atomic E-state index is -4.43. The predicted octanol–water partition coefficient (Wildman–Crippen LogP) is 0.827. The summed E-state index contributed by atoms with van der Waals surface area (Å²) in [6, 6.07) is 0. The Morgan fingerprint density at radius 3 is 2.53 bits per heavy atom. The molecule has 3 N–H and O–H groups in total. The van der Waals surface area contributed by atoms with Crippen LogP contribution in [0.4, 0.5) is 19.0 Å². The van der Waals surface area contributed by atoms with Crippen molar-refractivity contribution in [3.63, 3.8) is 0 Å². The van der Waals surface area contributed by atoms with Gasteiger partial charge in [0.1, 0.15) is 16.9 Å². The van der Waals surface area contributed by atoms with Gasteiger partial charge < -0.3 is 11.1 Å². The molecule has 1 amide bonds. The molecule has 1 aliphatic carbocycles. The fraction of sp³-hybridized carbons (Fsp3) is 0.556. The largest absolute Gasteiger partial charge is 0.411 e. The topological polar surface area (TPSA) is 72.9 Å². The molecule has 0 spiro atoms. The highest BCUT2D eigenvalue weighted by Gasteiger charge is 2.64. The van der Waals surface area contributed by atoms with Gasteiger partial charge in [0.25, 0.3) is 5.91 Å². The van der Waals surface area contributed by atoms with Gasteiger partial charge in [0.15, 0.2) is 0 Å². The second-order valence-electron chi connectivity index (χ2n) is 4.10. The first-order valence-electron chi connectivity index (χ1n) is 4.93. The number of carbonyl (C=O) groups excluding carboxylic acids is 1. The zero-order valence-corrected chi connectivity index (χ0v) is 9.01. The lowest BCUT2D eigenvalue weighted by atomic mass is 10.2. The Balaban J connectivity index is 2.16. The van der Waals surface area contributed by atoms with Gasteiger partial charge in [-0.25, -0.2) is 0 Å². The van der Waals surface area contributed by atoms with Gasteiger partial charge in [0.2, 0.25) is 0 Å². The van der Waals surface area contributed by atoms with Crippen molar-refractivity contribution < 1.29 is 18.0 Å². The number of carbonyl (C=O) groups is 1. The van der Waals surface area contributed by atoms with E-state index in [4.69, 9.17) is 5.73 Å². The summed E-state index contributed by atoms with van der Waals surface area (Å²) in [5.74, 6) is -0.800. The Kier molecular flexibility index (Phi) is 2.33. The van der Waals surface area contributed by atoms with E-state index in [-0.39, 0.29) is 24.2 Å². The Hall–Kier alpha value is -1.73. The number of amides is 1. The quantitative estimate of drug-likeness (QED) is 0.814. The van der Waals surface area contributed by atoms with Crippen LogP contribution in [0.1, 0.15) is 23.2 Å². The van der Waals surface area contributed by atoms with Crippen LogP contribution >= 0.6 is 0 Å². The minimum Gasteiger partial charge on any atom is -0.383 e. The summed E-state index contributed by atoms with van der Waals surface area (Å²) < 4.78 is 39.1. The predicted molar refractivity (Wildman–Crippen MR) is 53.1 cm³/mol. The lowest BCUT2D eigenvalue weighted by Crippen LogP contribution is -2.47. The summed E-state index contributed by atoms with van der Waals surface area (Å²) in [5, 5.41) is 5.68. The van der Waals surface area contributed by atoms with E-state index in [0.717, 1.165) is 6.20 Å². The second kappa shape index (κ2) is 3.38. The fourth-order valence-corrected chi connectivity index (χ4v) is 1.51. The number of hydrogen-bond donors (Lipinski definition) is 2. The average Bonchev–Trinajstić information content (AvgIpc) is 2.91. The molecule has 0 atom stereocenters. The molecule has 94 valence electrons. The summed E-state index contributed by atoms with van der Waals surface area (Å²) in [4.78, 5) is 11.6. The molecule has 1 heterocycles. The SMILES string of the molecule is Cn1ncc(C(=O)NC2(C(F)(F)F)CC2)c1N. The summed E-state index contributed by atoms with van der Waals surface area (Å²) in [6.45, 7) is 0. The highest BCUT2D eigenvalue weighted by molar-refractivity contribution is 5.98. The van der Waals surface area contributed by atoms with Gasteiger partial charge in [0.05, 0.1) is 6.20 Å². The molecule has 5 nitrogen and oxygen atoms in total. The molecule has 8 heteroatoms. The molecule has 1 aromatic rings. The van der Waals surface area contributed by atoms with Crippen molar-refractivity contribution in [2.45, 2.75) is 24.6 Å². The molecule has 17 heavy (non-hydrogen) atoms. The number of nitrogens with one attached hydrogen (secondary N) is 1. The van der Waals surface area contributed by atoms with Gasteiger partial charge in [-0.05, 0) is 12.8 Å². The molecule has 1 aromatic heterocycles. The summed E-state index contributed by atoms with van der Waals surface area (Å²) in [5.41, 5.74) is 3.39. The van der Waals surface area contributed by atoms with E-state index < -0.39 is 17.6 Å². The lowest BCUT2D eigenvalue weighted by molar-refractivity contribution is -0.163. The third kappa shape index (κ3) is 1.83. The normalized spacial score (nSPS) is 17.9. The third-order valence-corrected chi connectivity index (χ3v) is 2.87. The van der Waals surface area contributed by atoms with Crippen LogP contribution in [0.2, 0.25) is 0 Å². The molecule has 0 unspecified atom stereocenters. The Labute approximate surface area is 94.8 Å². The van der Waals surface area contributed by atoms with Crippen LogP contribution in [-0.4, -0.2) is 27.4 Å². The van der Waals surface area contributed by atoms with Gasteiger partial charge >= 0.3 is 6.18 Å². The number of aryl methyl sites for hydroxylation is 1. The van der Waals surface area contributed by atoms with E-state index in [2.05, 4.69) is 5.10 Å². The van der Waals surface area contributed by atoms with Gasteiger partial charge in [-0.15, -0.1) is 0 Å². The van der Waals surface area contributed by atoms with Gasteiger partial charge in [-0.1, -0.05) is 0 Å². The van der Waals surface area contributed by atoms with Gasteiger partial charge in [-0.3, -0.25) is 9.48 Å². The monoisotopic (exact) mass is 248 g/mol. The van der Waals surface area contributed by atoms with Crippen molar-refractivity contribution in [1.29, 1.82) is 0 Å². The molecule has 1 fully saturated rings. The van der Waals surface area contributed by atoms with E-state index in [1.54, 1.807) is 0 Å². The number of nitrogen functional groups attached to an aromatic ring is 1. The number of alkyl halides is 3. The Morgan fingerprint density at radius 1 is 1.59 bits per heavy atom. The van der Waals surface area contributed by atoms with Crippen LogP contribution in [0, 0.1) is 0 Å². The highest BCUT2D eigenvalue weighted by atomic mass is 19.4. The number of hydrogen-bond acceptors (Lipinski definition) is 3. The lowest BCUT2D eigenvalue weighted by Gasteiger charge is -2.20. The van der Waals surface area contributed by atoms with Crippen LogP contribution in [-0.2, 0) is 7.05 Å². The molecule has 1 aliphatic rings. The maximum Gasteiger partial charge on any atom is 0.411 e. The maximum absolute atomic E-state index is 12.6. The zero-order valence-electron chi connectivity index (χ0n) is 9.01. The van der Waals surface area contributed by atoms with Crippen molar-refractivity contribution in [1.82, 2.24) is 15.1 Å². The Bertz CT molecular complexity index is 461. The summed E-state index contributed by atoms with van der Waals surface area (Å²) in [6.07, 6.45) is -3.47. The minimum absolute atomic E-state index is 0.0389. The summed E-state index contributed by atoms with van der Waals surface area (Å²) >= 11 is 0. The number of nitrogens with two attached hydrogens (primary N) is 1. The molecule has 0 aliphatic heterocycles. The van der Waals surface area contributed by atoms with Crippen LogP contribution in [0.15, 0.2) is 6.20 Å². The van der Waals surface area contributed by atoms with Crippen molar-refractivity contribution >= 4 is 11.7 Å². The Morgan fingerprint density at radius 2 is 2.18 bits per heavy atom. The first-order valence-corrected chi connectivity index (χ1v) is 4.93. The van der Waals surface area contributed by atoms with E-state index in [0.29, 0.717) is 0 Å². The number of rotatable bonds is 2. The van der Waals surface area contributed by atoms with Crippen LogP contribution in [0.25, 0.3) is 0 Å². The van der Waals surface area contributed by atoms with E-state index >= 15 is 0 Å². The van der Waals surface area contributed by atoms with E-state index in [1.807, 2.05) is 5.32 Å². The standard InChI is InChI=1S/C9H11F3N4O/c1-16-6(13)5(4-14-16)7(17)15-8(2-3-8)9(10,11)12/h4H,2-3,13H2,1H3,(H,15,17). The average molecular weight is 248 g/mol. The second-order valence-corrected chi connectivity index (χ2v) is 4.10. The molecular formula is C9H11F3N4O. The maximum atomic E-state index is 12.6. The fourth-order valence-electron chi connectivity index (χ4n) is 1.51. The smallest absolute Gasteiger partial charge is 0.383 e. The molecule has 2 rings (SSSR count). The summed E-state index contributed by atoms with van der Waals surface area (Å²) in [7, 11) is 1.50. The number of halogens is 3. The van der Waals surface area contributed by atoms with Crippen molar-refractivity contribution in [3.8, 4) is 0 Å². The number of aromatic nitrogens is 2. The first kappa shape index (κ1) is 11.7. The molecule has 0 saturated heterocycles. The highest BCUT2D eigenvalue weighted by Crippen LogP contribution is 2.49. The van der Waals surface area contributed by atoms with E-state index in [1.165, 1.54) is 11.7 Å². The molecule has 0 radical (unpaired) electrons. The van der Waals surface area contributed by atoms with Crippen molar-refractivity contribution in [3.05, 3.63) is 11.8 Å². The van der Waals surface area contributed by atoms with Crippen LogP contribution in [0.3, 0.4) is 0 Å². The number of nitrogens with zero attached hydrogens (tertiary/aromatic N) is 2. The molecular weight excluding hydrogens is 237 g/mol. The van der Waals surface area contributed by atoms with Gasteiger partial charge in [-0.2, -0.15) is 18.3 Å². The first-order chi connectivity index (χ1) is 7.77. The zero-order chi connectivity index (χ0) is 12.8. The van der Waals surface area contributed by atoms with Crippen LogP contribution < -0.4 is 11.1 Å². The van der Waals surface area contributed by atoms with Crippen molar-refractivity contribution in [2.75, 3.05) is 5.73 Å². The number of anilines is 1. The molecule has 0 aromatic carbocycles. The van der Waals surface area contributed by atoms with Crippen LogP contribution in [0.5, 0.6) is 0 Å². The van der Waals surface area contributed by atoms with E-state index in [9.17, 15) is 18.0 Å². The molecule has 1 saturated carbocycles.